The first kappa shape index (κ1) is 15.1. The van der Waals surface area contributed by atoms with Crippen LogP contribution in [-0.4, -0.2) is 18.2 Å². The van der Waals surface area contributed by atoms with Gasteiger partial charge in [0.2, 0.25) is 0 Å². The summed E-state index contributed by atoms with van der Waals surface area (Å²) in [5.74, 6) is 0. The van der Waals surface area contributed by atoms with E-state index in [1.807, 2.05) is 6.92 Å². The molecule has 0 saturated heterocycles. The standard InChI is InChI=1S/C11H12BrClN4O2S/c1-6-3-7(12)10(9(14)4-6)16-20(18,19)11-8(13)5-15-17(11)2/h3-5,16H,14H2,1-2H3. The number of sulfonamides is 1. The van der Waals surface area contributed by atoms with Crippen molar-refractivity contribution < 1.29 is 8.42 Å². The van der Waals surface area contributed by atoms with E-state index in [0.717, 1.165) is 5.56 Å². The van der Waals surface area contributed by atoms with Gasteiger partial charge in [0, 0.05) is 11.5 Å². The van der Waals surface area contributed by atoms with Crippen molar-refractivity contribution in [3.8, 4) is 0 Å². The summed E-state index contributed by atoms with van der Waals surface area (Å²) in [5.41, 5.74) is 7.35. The van der Waals surface area contributed by atoms with Crippen molar-refractivity contribution in [1.82, 2.24) is 9.78 Å². The zero-order valence-electron chi connectivity index (χ0n) is 10.7. The van der Waals surface area contributed by atoms with Gasteiger partial charge in [0.05, 0.1) is 22.6 Å². The number of nitrogen functional groups attached to an aromatic ring is 1. The van der Waals surface area contributed by atoms with Crippen LogP contribution in [0.1, 0.15) is 5.56 Å². The first-order valence-electron chi connectivity index (χ1n) is 5.48. The van der Waals surface area contributed by atoms with Gasteiger partial charge in [-0.15, -0.1) is 0 Å². The number of hydrogen-bond acceptors (Lipinski definition) is 4. The Morgan fingerprint density at radius 2 is 2.10 bits per heavy atom. The third kappa shape index (κ3) is 2.77. The summed E-state index contributed by atoms with van der Waals surface area (Å²) in [6.45, 7) is 1.86. The van der Waals surface area contributed by atoms with E-state index in [4.69, 9.17) is 17.3 Å². The summed E-state index contributed by atoms with van der Waals surface area (Å²) in [6, 6.07) is 3.44. The van der Waals surface area contributed by atoms with Gasteiger partial charge >= 0.3 is 0 Å². The van der Waals surface area contributed by atoms with E-state index in [0.29, 0.717) is 10.2 Å². The Labute approximate surface area is 130 Å². The summed E-state index contributed by atoms with van der Waals surface area (Å²) >= 11 is 9.14. The lowest BCUT2D eigenvalue weighted by molar-refractivity contribution is 0.582. The second-order valence-electron chi connectivity index (χ2n) is 4.24. The van der Waals surface area contributed by atoms with Gasteiger partial charge in [0.15, 0.2) is 5.03 Å². The van der Waals surface area contributed by atoms with Gasteiger partial charge in [0.1, 0.15) is 0 Å². The third-order valence-corrected chi connectivity index (χ3v) is 5.08. The number of nitrogens with two attached hydrogens (primary N) is 1. The maximum absolute atomic E-state index is 12.4. The molecule has 1 aromatic heterocycles. The molecule has 0 aliphatic carbocycles. The molecule has 20 heavy (non-hydrogen) atoms. The first-order chi connectivity index (χ1) is 9.22. The molecular formula is C11H12BrClN4O2S. The van der Waals surface area contributed by atoms with Crippen LogP contribution in [0.4, 0.5) is 11.4 Å². The van der Waals surface area contributed by atoms with Crippen LogP contribution in [0.2, 0.25) is 5.02 Å². The van der Waals surface area contributed by atoms with Crippen molar-refractivity contribution in [3.63, 3.8) is 0 Å². The van der Waals surface area contributed by atoms with Crippen LogP contribution in [0.3, 0.4) is 0 Å². The van der Waals surface area contributed by atoms with Crippen molar-refractivity contribution in [1.29, 1.82) is 0 Å². The molecule has 0 spiro atoms. The Morgan fingerprint density at radius 3 is 2.60 bits per heavy atom. The lowest BCUT2D eigenvalue weighted by atomic mass is 10.2. The number of aryl methyl sites for hydroxylation is 2. The van der Waals surface area contributed by atoms with E-state index >= 15 is 0 Å². The molecule has 2 rings (SSSR count). The van der Waals surface area contributed by atoms with Crippen LogP contribution in [0.15, 0.2) is 27.8 Å². The van der Waals surface area contributed by atoms with E-state index in [1.54, 1.807) is 12.1 Å². The second kappa shape index (κ2) is 5.27. The molecule has 6 nitrogen and oxygen atoms in total. The minimum absolute atomic E-state index is 0.0433. The zero-order valence-corrected chi connectivity index (χ0v) is 13.8. The van der Waals surface area contributed by atoms with Gasteiger partial charge in [-0.2, -0.15) is 13.5 Å². The van der Waals surface area contributed by atoms with Crippen LogP contribution < -0.4 is 10.5 Å². The van der Waals surface area contributed by atoms with Gasteiger partial charge in [-0.1, -0.05) is 11.6 Å². The summed E-state index contributed by atoms with van der Waals surface area (Å²) in [6.07, 6.45) is 1.27. The molecule has 0 amide bonds. The fraction of sp³-hybridized carbons (Fsp3) is 0.182. The van der Waals surface area contributed by atoms with Crippen molar-refractivity contribution in [2.75, 3.05) is 10.5 Å². The highest BCUT2D eigenvalue weighted by Gasteiger charge is 2.24. The molecule has 0 bridgehead atoms. The number of anilines is 2. The number of nitrogens with one attached hydrogen (secondary N) is 1. The van der Waals surface area contributed by atoms with Crippen LogP contribution in [0, 0.1) is 6.92 Å². The fourth-order valence-electron chi connectivity index (χ4n) is 1.76. The number of benzene rings is 1. The first-order valence-corrected chi connectivity index (χ1v) is 8.13. The van der Waals surface area contributed by atoms with E-state index in [-0.39, 0.29) is 15.7 Å². The molecular weight excluding hydrogens is 368 g/mol. The molecule has 2 aromatic rings. The Kier molecular flexibility index (Phi) is 3.99. The second-order valence-corrected chi connectivity index (χ2v) is 7.10. The molecule has 1 heterocycles. The number of rotatable bonds is 3. The molecule has 108 valence electrons. The van der Waals surface area contributed by atoms with Crippen LogP contribution >= 0.6 is 27.5 Å². The molecule has 9 heteroatoms. The molecule has 0 fully saturated rings. The topological polar surface area (TPSA) is 90.0 Å². The lowest BCUT2D eigenvalue weighted by Crippen LogP contribution is -2.18. The molecule has 0 aliphatic heterocycles. The average Bonchev–Trinajstić information content (AvgIpc) is 2.64. The van der Waals surface area contributed by atoms with E-state index in [2.05, 4.69) is 25.8 Å². The summed E-state index contributed by atoms with van der Waals surface area (Å²) in [4.78, 5) is 0. The van der Waals surface area contributed by atoms with Gasteiger partial charge in [0.25, 0.3) is 10.0 Å². The number of hydrogen-bond donors (Lipinski definition) is 2. The average molecular weight is 380 g/mol. The SMILES string of the molecule is Cc1cc(N)c(NS(=O)(=O)c2c(Cl)cnn2C)c(Br)c1. The molecule has 3 N–H and O–H groups in total. The van der Waals surface area contributed by atoms with Crippen molar-refractivity contribution in [2.45, 2.75) is 11.9 Å². The van der Waals surface area contributed by atoms with E-state index < -0.39 is 10.0 Å². The lowest BCUT2D eigenvalue weighted by Gasteiger charge is -2.13. The van der Waals surface area contributed by atoms with Gasteiger partial charge in [-0.05, 0) is 40.5 Å². The molecule has 1 aromatic carbocycles. The zero-order chi connectivity index (χ0) is 15.1. The number of nitrogens with zero attached hydrogens (tertiary/aromatic N) is 2. The van der Waals surface area contributed by atoms with Crippen molar-refractivity contribution in [2.24, 2.45) is 7.05 Å². The number of aromatic nitrogens is 2. The molecule has 0 radical (unpaired) electrons. The quantitative estimate of drug-likeness (QED) is 0.802. The van der Waals surface area contributed by atoms with E-state index in [1.165, 1.54) is 17.9 Å². The van der Waals surface area contributed by atoms with Crippen LogP contribution in [-0.2, 0) is 17.1 Å². The summed E-state index contributed by atoms with van der Waals surface area (Å²) < 4.78 is 28.9. The van der Waals surface area contributed by atoms with Crippen LogP contribution in [0.5, 0.6) is 0 Å². The highest BCUT2D eigenvalue weighted by atomic mass is 79.9. The minimum Gasteiger partial charge on any atom is -0.397 e. The minimum atomic E-state index is -3.88. The van der Waals surface area contributed by atoms with E-state index in [9.17, 15) is 8.42 Å². The summed E-state index contributed by atoms with van der Waals surface area (Å²) in [5, 5.41) is 3.73. The Morgan fingerprint density at radius 1 is 1.45 bits per heavy atom. The van der Waals surface area contributed by atoms with Crippen LogP contribution in [0.25, 0.3) is 0 Å². The Hall–Kier alpha value is -1.25. The van der Waals surface area contributed by atoms with Gasteiger partial charge in [-0.3, -0.25) is 9.40 Å². The Balaban J connectivity index is 2.50. The molecule has 0 saturated carbocycles. The summed E-state index contributed by atoms with van der Waals surface area (Å²) in [7, 11) is -2.39. The predicted octanol–water partition coefficient (Wildman–Crippen LogP) is 2.53. The fourth-order valence-corrected chi connectivity index (χ4v) is 4.35. The van der Waals surface area contributed by atoms with Crippen molar-refractivity contribution in [3.05, 3.63) is 33.4 Å². The largest absolute Gasteiger partial charge is 0.397 e. The van der Waals surface area contributed by atoms with Crippen molar-refractivity contribution >= 4 is 48.9 Å². The third-order valence-electron chi connectivity index (χ3n) is 2.60. The maximum Gasteiger partial charge on any atom is 0.280 e. The number of halogens is 2. The molecule has 0 aliphatic rings. The Bertz CT molecular complexity index is 730. The van der Waals surface area contributed by atoms with Gasteiger partial charge in [-0.25, -0.2) is 0 Å². The predicted molar refractivity (Wildman–Crippen MR) is 82.3 cm³/mol. The maximum atomic E-state index is 12.4. The normalized spacial score (nSPS) is 11.6. The van der Waals surface area contributed by atoms with Gasteiger partial charge < -0.3 is 5.73 Å². The molecule has 0 atom stereocenters. The molecule has 0 unspecified atom stereocenters. The monoisotopic (exact) mass is 378 g/mol. The smallest absolute Gasteiger partial charge is 0.280 e. The highest BCUT2D eigenvalue weighted by molar-refractivity contribution is 9.10. The highest BCUT2D eigenvalue weighted by Crippen LogP contribution is 2.33.